The zero-order valence-electron chi connectivity index (χ0n) is 8.22. The minimum atomic E-state index is -1.51. The third-order valence-electron chi connectivity index (χ3n) is 1.83. The number of nitrogens with zero attached hydrogens (tertiary/aromatic N) is 5. The van der Waals surface area contributed by atoms with Gasteiger partial charge in [0.15, 0.2) is 5.82 Å². The van der Waals surface area contributed by atoms with E-state index < -0.39 is 22.4 Å². The van der Waals surface area contributed by atoms with Gasteiger partial charge < -0.3 is 15.2 Å². The molecular weight excluding hydrogens is 230 g/mol. The summed E-state index contributed by atoms with van der Waals surface area (Å²) in [5.74, 6) is -2.13. The van der Waals surface area contributed by atoms with Crippen LogP contribution in [0.2, 0.25) is 0 Å². The largest absolute Gasteiger partial charge is 0.476 e. The van der Waals surface area contributed by atoms with Gasteiger partial charge in [-0.25, -0.2) is 9.78 Å². The van der Waals surface area contributed by atoms with Crippen molar-refractivity contribution in [2.45, 2.75) is 0 Å². The molecule has 86 valence electrons. The summed E-state index contributed by atoms with van der Waals surface area (Å²) >= 11 is 0. The van der Waals surface area contributed by atoms with Gasteiger partial charge in [-0.15, -0.1) is 5.10 Å². The molecule has 0 aliphatic heterocycles. The van der Waals surface area contributed by atoms with E-state index in [-0.39, 0.29) is 5.82 Å². The Kier molecular flexibility index (Phi) is 2.49. The number of rotatable bonds is 3. The Balaban J connectivity index is 2.55. The zero-order valence-corrected chi connectivity index (χ0v) is 8.22. The first-order valence-electron chi connectivity index (χ1n) is 4.36. The van der Waals surface area contributed by atoms with Crippen molar-refractivity contribution in [3.63, 3.8) is 0 Å². The van der Waals surface area contributed by atoms with Crippen LogP contribution < -0.4 is 0 Å². The van der Waals surface area contributed by atoms with E-state index in [1.807, 2.05) is 0 Å². The summed E-state index contributed by atoms with van der Waals surface area (Å²) in [5, 5.41) is 26.3. The van der Waals surface area contributed by atoms with Crippen LogP contribution in [0.5, 0.6) is 0 Å². The minimum absolute atomic E-state index is 0.197. The van der Waals surface area contributed by atoms with Crippen molar-refractivity contribution in [2.24, 2.45) is 0 Å². The Hall–Kier alpha value is -2.84. The Morgan fingerprint density at radius 3 is 2.65 bits per heavy atom. The maximum Gasteiger partial charge on any atom is 0.425 e. The molecular formula is C8H5N5O4. The van der Waals surface area contributed by atoms with Crippen molar-refractivity contribution < 1.29 is 14.8 Å². The number of hydrogen-bond donors (Lipinski definition) is 1. The van der Waals surface area contributed by atoms with E-state index in [9.17, 15) is 14.9 Å². The molecule has 0 spiro atoms. The van der Waals surface area contributed by atoms with Gasteiger partial charge in [0.05, 0.1) is 5.10 Å². The van der Waals surface area contributed by atoms with Crippen molar-refractivity contribution >= 4 is 11.8 Å². The normalized spacial score (nSPS) is 10.1. The van der Waals surface area contributed by atoms with Crippen LogP contribution in [0, 0.1) is 10.1 Å². The highest BCUT2D eigenvalue weighted by Crippen LogP contribution is 2.14. The second-order valence-electron chi connectivity index (χ2n) is 2.91. The van der Waals surface area contributed by atoms with Crippen LogP contribution in [0.4, 0.5) is 5.82 Å². The number of carboxylic acids is 1. The lowest BCUT2D eigenvalue weighted by atomic mass is 10.4. The number of hydrogen-bond acceptors (Lipinski definition) is 6. The van der Waals surface area contributed by atoms with E-state index in [0.717, 1.165) is 4.80 Å². The standard InChI is InChI=1S/C8H5N5O4/c14-8(15)6-7(13(16)17)11-12(10-6)5-3-1-2-4-9-5/h1-4H,(H,14,15). The molecule has 1 N–H and O–H groups in total. The Bertz CT molecular complexity index is 547. The van der Waals surface area contributed by atoms with E-state index in [1.54, 1.807) is 12.1 Å². The Labute approximate surface area is 93.5 Å². The summed E-state index contributed by atoms with van der Waals surface area (Å²) in [4.78, 5) is 25.1. The number of nitro groups is 1. The molecule has 0 amide bonds. The number of carbonyl (C=O) groups is 1. The van der Waals surface area contributed by atoms with Gasteiger partial charge in [-0.2, -0.15) is 0 Å². The van der Waals surface area contributed by atoms with Gasteiger partial charge in [0.25, 0.3) is 5.69 Å². The summed E-state index contributed by atoms with van der Waals surface area (Å²) < 4.78 is 0. The van der Waals surface area contributed by atoms with Crippen LogP contribution in [0.15, 0.2) is 24.4 Å². The molecule has 0 fully saturated rings. The number of carboxylic acid groups (broad SMARTS) is 1. The average Bonchev–Trinajstić information content (AvgIpc) is 2.75. The summed E-state index contributed by atoms with van der Waals surface area (Å²) in [5.41, 5.74) is -0.722. The fraction of sp³-hybridized carbons (Fsp3) is 0. The van der Waals surface area contributed by atoms with Crippen molar-refractivity contribution in [3.8, 4) is 5.82 Å². The second kappa shape index (κ2) is 3.96. The molecule has 0 atom stereocenters. The second-order valence-corrected chi connectivity index (χ2v) is 2.91. The molecule has 2 aromatic heterocycles. The Morgan fingerprint density at radius 1 is 1.41 bits per heavy atom. The third kappa shape index (κ3) is 1.93. The highest BCUT2D eigenvalue weighted by molar-refractivity contribution is 5.88. The number of aromatic nitrogens is 4. The lowest BCUT2D eigenvalue weighted by Crippen LogP contribution is -2.03. The van der Waals surface area contributed by atoms with E-state index in [0.29, 0.717) is 0 Å². The fourth-order valence-corrected chi connectivity index (χ4v) is 1.13. The van der Waals surface area contributed by atoms with Gasteiger partial charge in [0.2, 0.25) is 0 Å². The first-order valence-corrected chi connectivity index (χ1v) is 4.36. The Morgan fingerprint density at radius 2 is 2.18 bits per heavy atom. The maximum absolute atomic E-state index is 10.7. The van der Waals surface area contributed by atoms with E-state index in [2.05, 4.69) is 15.2 Å². The van der Waals surface area contributed by atoms with Crippen LogP contribution in [-0.2, 0) is 0 Å². The van der Waals surface area contributed by atoms with Gasteiger partial charge in [-0.3, -0.25) is 0 Å². The highest BCUT2D eigenvalue weighted by Gasteiger charge is 2.29. The molecule has 2 aromatic rings. The average molecular weight is 235 g/mol. The van der Waals surface area contributed by atoms with Crippen LogP contribution in [0.25, 0.3) is 5.82 Å². The number of aromatic carboxylic acids is 1. The van der Waals surface area contributed by atoms with Crippen LogP contribution in [0.1, 0.15) is 10.5 Å². The molecule has 9 heteroatoms. The molecule has 2 rings (SSSR count). The third-order valence-corrected chi connectivity index (χ3v) is 1.83. The van der Waals surface area contributed by atoms with Crippen molar-refractivity contribution in [2.75, 3.05) is 0 Å². The predicted octanol–water partition coefficient (Wildman–Crippen LogP) is 0.269. The highest BCUT2D eigenvalue weighted by atomic mass is 16.6. The fourth-order valence-electron chi connectivity index (χ4n) is 1.13. The van der Waals surface area contributed by atoms with Gasteiger partial charge in [-0.05, 0) is 21.9 Å². The van der Waals surface area contributed by atoms with Crippen LogP contribution >= 0.6 is 0 Å². The molecule has 9 nitrogen and oxygen atoms in total. The predicted molar refractivity (Wildman–Crippen MR) is 52.8 cm³/mol. The molecule has 0 aromatic carbocycles. The van der Waals surface area contributed by atoms with Crippen molar-refractivity contribution in [1.82, 2.24) is 20.0 Å². The molecule has 17 heavy (non-hydrogen) atoms. The van der Waals surface area contributed by atoms with Crippen LogP contribution in [-0.4, -0.2) is 36.0 Å². The molecule has 0 bridgehead atoms. The monoisotopic (exact) mass is 235 g/mol. The van der Waals surface area contributed by atoms with Gasteiger partial charge in [-0.1, -0.05) is 6.07 Å². The molecule has 0 aliphatic carbocycles. The quantitative estimate of drug-likeness (QED) is 0.597. The van der Waals surface area contributed by atoms with Gasteiger partial charge in [0, 0.05) is 6.20 Å². The molecule has 0 aliphatic rings. The molecule has 0 saturated heterocycles. The van der Waals surface area contributed by atoms with Crippen LogP contribution in [0.3, 0.4) is 0 Å². The lowest BCUT2D eigenvalue weighted by molar-refractivity contribution is -0.390. The van der Waals surface area contributed by atoms with Gasteiger partial charge >= 0.3 is 11.8 Å². The molecule has 0 unspecified atom stereocenters. The summed E-state index contributed by atoms with van der Waals surface area (Å²) in [6.45, 7) is 0. The topological polar surface area (TPSA) is 124 Å². The molecule has 2 heterocycles. The smallest absolute Gasteiger partial charge is 0.425 e. The van der Waals surface area contributed by atoms with Gasteiger partial charge in [0.1, 0.15) is 0 Å². The minimum Gasteiger partial charge on any atom is -0.476 e. The van der Waals surface area contributed by atoms with Crippen molar-refractivity contribution in [3.05, 3.63) is 40.2 Å². The summed E-state index contributed by atoms with van der Waals surface area (Å²) in [6.07, 6.45) is 1.44. The molecule has 0 radical (unpaired) electrons. The van der Waals surface area contributed by atoms with E-state index in [1.165, 1.54) is 12.3 Å². The molecule has 0 saturated carbocycles. The summed E-state index contributed by atoms with van der Waals surface area (Å²) in [6, 6.07) is 4.76. The first kappa shape index (κ1) is 10.7. The zero-order chi connectivity index (χ0) is 12.4. The van der Waals surface area contributed by atoms with E-state index in [4.69, 9.17) is 5.11 Å². The first-order chi connectivity index (χ1) is 8.09. The number of pyridine rings is 1. The van der Waals surface area contributed by atoms with E-state index >= 15 is 0 Å². The lowest BCUT2D eigenvalue weighted by Gasteiger charge is -1.90. The van der Waals surface area contributed by atoms with Crippen molar-refractivity contribution in [1.29, 1.82) is 0 Å². The summed E-state index contributed by atoms with van der Waals surface area (Å²) in [7, 11) is 0. The SMILES string of the molecule is O=C(O)c1nn(-c2ccccn2)nc1[N+](=O)[O-]. The maximum atomic E-state index is 10.7.